The molecule has 0 fully saturated rings. The van der Waals surface area contributed by atoms with Gasteiger partial charge in [0.2, 0.25) is 0 Å². The summed E-state index contributed by atoms with van der Waals surface area (Å²) in [5.74, 6) is 0. The van der Waals surface area contributed by atoms with Crippen LogP contribution in [0.4, 0.5) is 0 Å². The normalized spacial score (nSPS) is 17.9. The summed E-state index contributed by atoms with van der Waals surface area (Å²) in [7, 11) is 0. The maximum Gasteiger partial charge on any atom is 0.0165 e. The molecule has 0 saturated carbocycles. The number of benzene rings is 8. The molecule has 0 aliphatic heterocycles. The van der Waals surface area contributed by atoms with Crippen LogP contribution in [-0.4, -0.2) is 0 Å². The van der Waals surface area contributed by atoms with Gasteiger partial charge in [0.1, 0.15) is 0 Å². The van der Waals surface area contributed by atoms with E-state index in [-0.39, 0.29) is 16.2 Å². The average Bonchev–Trinajstić information content (AvgIpc) is 3.76. The minimum atomic E-state index is -0.235. The number of rotatable bonds is 2. The summed E-state index contributed by atoms with van der Waals surface area (Å²) in [6.07, 6.45) is 9.74. The van der Waals surface area contributed by atoms with Crippen LogP contribution in [0.2, 0.25) is 0 Å². The monoisotopic (exact) mass is 786 g/mol. The molecule has 5 aliphatic carbocycles. The van der Waals surface area contributed by atoms with Crippen LogP contribution in [0.5, 0.6) is 0 Å². The Morgan fingerprint density at radius 3 is 1.21 bits per heavy atom. The van der Waals surface area contributed by atoms with E-state index in [1.165, 1.54) is 149 Å². The first-order valence-corrected chi connectivity index (χ1v) is 23.3. The average molecular weight is 787 g/mol. The predicted octanol–water partition coefficient (Wildman–Crippen LogP) is 16.0. The van der Waals surface area contributed by atoms with Gasteiger partial charge < -0.3 is 0 Å². The molecule has 5 aliphatic rings. The molecule has 8 aromatic carbocycles. The van der Waals surface area contributed by atoms with Gasteiger partial charge >= 0.3 is 0 Å². The van der Waals surface area contributed by atoms with Crippen LogP contribution in [0, 0.1) is 0 Å². The maximum absolute atomic E-state index is 2.72. The van der Waals surface area contributed by atoms with Crippen molar-refractivity contribution >= 4 is 21.5 Å². The molecule has 0 heterocycles. The zero-order chi connectivity index (χ0) is 41.2. The second kappa shape index (κ2) is 12.2. The van der Waals surface area contributed by atoms with E-state index in [2.05, 4.69) is 163 Å². The molecule has 0 nitrogen and oxygen atoms in total. The van der Waals surface area contributed by atoms with E-state index in [4.69, 9.17) is 0 Å². The molecule has 13 rings (SSSR count). The predicted molar refractivity (Wildman–Crippen MR) is 258 cm³/mol. The van der Waals surface area contributed by atoms with Gasteiger partial charge in [-0.2, -0.15) is 0 Å². The molecule has 0 bridgehead atoms. The highest BCUT2D eigenvalue weighted by molar-refractivity contribution is 6.23. The molecule has 0 radical (unpaired) electrons. The third kappa shape index (κ3) is 4.51. The first-order valence-electron chi connectivity index (χ1n) is 23.3. The molecular weight excluding hydrogens is 733 g/mol. The summed E-state index contributed by atoms with van der Waals surface area (Å²) < 4.78 is 0. The molecule has 61 heavy (non-hydrogen) atoms. The number of hydrogen-bond acceptors (Lipinski definition) is 0. The van der Waals surface area contributed by atoms with Crippen molar-refractivity contribution in [3.05, 3.63) is 177 Å². The highest BCUT2D eigenvalue weighted by Crippen LogP contribution is 2.68. The lowest BCUT2D eigenvalue weighted by molar-refractivity contribution is 0.636. The van der Waals surface area contributed by atoms with Crippen LogP contribution in [0.15, 0.2) is 121 Å². The number of hydrogen-bond donors (Lipinski definition) is 0. The van der Waals surface area contributed by atoms with Gasteiger partial charge in [-0.05, 0) is 196 Å². The first-order chi connectivity index (χ1) is 29.6. The lowest BCUT2D eigenvalue weighted by Crippen LogP contribution is -2.22. The molecule has 0 unspecified atom stereocenters. The van der Waals surface area contributed by atoms with Crippen LogP contribution in [0.1, 0.15) is 123 Å². The van der Waals surface area contributed by atoms with E-state index in [9.17, 15) is 0 Å². The Balaban J connectivity index is 1.24. The van der Waals surface area contributed by atoms with Crippen LogP contribution in [-0.2, 0) is 41.9 Å². The molecule has 298 valence electrons. The number of fused-ring (bicyclic) bond motifs is 16. The highest BCUT2D eigenvalue weighted by Gasteiger charge is 2.52. The maximum atomic E-state index is 2.72. The van der Waals surface area contributed by atoms with Crippen LogP contribution >= 0.6 is 0 Å². The van der Waals surface area contributed by atoms with Crippen molar-refractivity contribution in [1.29, 1.82) is 0 Å². The molecule has 0 spiro atoms. The van der Waals surface area contributed by atoms with E-state index >= 15 is 0 Å². The van der Waals surface area contributed by atoms with Crippen molar-refractivity contribution in [2.75, 3.05) is 0 Å². The van der Waals surface area contributed by atoms with Gasteiger partial charge in [0.15, 0.2) is 0 Å². The smallest absolute Gasteiger partial charge is 0.0165 e. The van der Waals surface area contributed by atoms with Crippen molar-refractivity contribution in [3.8, 4) is 55.6 Å². The molecule has 0 aromatic heterocycles. The van der Waals surface area contributed by atoms with Gasteiger partial charge in [0, 0.05) is 16.2 Å². The Morgan fingerprint density at radius 1 is 0.311 bits per heavy atom. The van der Waals surface area contributed by atoms with Gasteiger partial charge in [-0.25, -0.2) is 0 Å². The Morgan fingerprint density at radius 2 is 0.705 bits per heavy atom. The molecule has 8 aromatic rings. The van der Waals surface area contributed by atoms with Crippen LogP contribution in [0.3, 0.4) is 0 Å². The Hall–Kier alpha value is -5.72. The fourth-order valence-electron chi connectivity index (χ4n) is 13.9. The summed E-state index contributed by atoms with van der Waals surface area (Å²) in [4.78, 5) is 0. The third-order valence-corrected chi connectivity index (χ3v) is 16.5. The Bertz CT molecular complexity index is 3270. The van der Waals surface area contributed by atoms with Gasteiger partial charge in [-0.1, -0.05) is 151 Å². The highest BCUT2D eigenvalue weighted by atomic mass is 14.5. The van der Waals surface area contributed by atoms with Gasteiger partial charge in [-0.3, -0.25) is 0 Å². The van der Waals surface area contributed by atoms with Crippen molar-refractivity contribution < 1.29 is 0 Å². The topological polar surface area (TPSA) is 0 Å². The van der Waals surface area contributed by atoms with E-state index in [1.54, 1.807) is 22.3 Å². The van der Waals surface area contributed by atoms with E-state index in [1.807, 2.05) is 0 Å². The number of aryl methyl sites for hydroxylation is 2. The standard InChI is InChI=1S/C61H54/c1-59(2)48-31-15-14-28-44(48)54-56(59)53-43-27-13-16-32-49(43)60(3,4)57(53)55-47-33-45-46(34-50(47)61(5,6)58(54)55)52(40-30-18-22-36-20-8-10-24-38(36)40)42-26-12-11-25-41(42)51(45)39-29-17-21-35-19-7-9-23-37(35)39/h11-18,21-22,25-34H,7-10,19-20,23-24H2,1-6H3. The first kappa shape index (κ1) is 36.0. The van der Waals surface area contributed by atoms with Crippen molar-refractivity contribution in [2.24, 2.45) is 0 Å². The summed E-state index contributed by atoms with van der Waals surface area (Å²) in [5.41, 5.74) is 29.2. The van der Waals surface area contributed by atoms with Crippen molar-refractivity contribution in [1.82, 2.24) is 0 Å². The molecule has 0 heteroatoms. The SMILES string of the molecule is CC1(C)c2ccccc2-c2c1c1c(c3c2C(C)(C)c2cc4c(-c5cccc6c5CCCC6)c5ccccc5c(-c5cccc6c5CCCC6)c4cc2-3)C(C)(C)c2ccccc2-1. The molecule has 0 amide bonds. The molecule has 0 saturated heterocycles. The van der Waals surface area contributed by atoms with Gasteiger partial charge in [-0.15, -0.1) is 0 Å². The Labute approximate surface area is 361 Å². The Kier molecular flexibility index (Phi) is 7.21. The molecular formula is C61H54. The zero-order valence-corrected chi connectivity index (χ0v) is 36.7. The minimum Gasteiger partial charge on any atom is -0.0619 e. The van der Waals surface area contributed by atoms with E-state index < -0.39 is 0 Å². The van der Waals surface area contributed by atoms with Gasteiger partial charge in [0.25, 0.3) is 0 Å². The second-order valence-corrected chi connectivity index (χ2v) is 20.8. The van der Waals surface area contributed by atoms with E-state index in [0.717, 1.165) is 12.8 Å². The summed E-state index contributed by atoms with van der Waals surface area (Å²) in [5, 5.41) is 5.60. The summed E-state index contributed by atoms with van der Waals surface area (Å²) in [6.45, 7) is 15.1. The lowest BCUT2D eigenvalue weighted by Gasteiger charge is -2.31. The zero-order valence-electron chi connectivity index (χ0n) is 36.7. The van der Waals surface area contributed by atoms with E-state index in [0.29, 0.717) is 0 Å². The van der Waals surface area contributed by atoms with Gasteiger partial charge in [0.05, 0.1) is 0 Å². The minimum absolute atomic E-state index is 0.134. The summed E-state index contributed by atoms with van der Waals surface area (Å²) >= 11 is 0. The third-order valence-electron chi connectivity index (χ3n) is 16.5. The fraction of sp³-hybridized carbons (Fsp3) is 0.279. The van der Waals surface area contributed by atoms with Crippen molar-refractivity contribution in [3.63, 3.8) is 0 Å². The summed E-state index contributed by atoms with van der Waals surface area (Å²) in [6, 6.07) is 48.1. The second-order valence-electron chi connectivity index (χ2n) is 20.8. The fourth-order valence-corrected chi connectivity index (χ4v) is 13.9. The lowest BCUT2D eigenvalue weighted by atomic mass is 9.71. The molecule has 0 atom stereocenters. The van der Waals surface area contributed by atoms with Crippen molar-refractivity contribution in [2.45, 2.75) is 109 Å². The van der Waals surface area contributed by atoms with Crippen LogP contribution < -0.4 is 0 Å². The largest absolute Gasteiger partial charge is 0.0619 e. The van der Waals surface area contributed by atoms with Crippen LogP contribution in [0.25, 0.3) is 77.2 Å². The quantitative estimate of drug-likeness (QED) is 0.153. The molecule has 0 N–H and O–H groups in total.